The first-order valence-corrected chi connectivity index (χ1v) is 4.20. The molecule has 0 aliphatic carbocycles. The number of ether oxygens (including phenoxy) is 2. The molecular weight excluding hydrogens is 264 g/mol. The van der Waals surface area contributed by atoms with Crippen LogP contribution in [0.3, 0.4) is 0 Å². The number of carbonyl (C=O) groups is 2. The average molecular weight is 269 g/mol. The van der Waals surface area contributed by atoms with E-state index in [2.05, 4.69) is 9.47 Å². The Hall–Kier alpha value is -0.690. The van der Waals surface area contributed by atoms with Crippen LogP contribution in [0.2, 0.25) is 0 Å². The lowest BCUT2D eigenvalue weighted by Crippen LogP contribution is -2.54. The Bertz CT molecular complexity index is 268. The summed E-state index contributed by atoms with van der Waals surface area (Å²) in [5.74, 6) is -4.01. The summed E-state index contributed by atoms with van der Waals surface area (Å²) in [4.78, 5) is 17.8. The minimum Gasteiger partial charge on any atom is -0.467 e. The van der Waals surface area contributed by atoms with Crippen LogP contribution in [0.15, 0.2) is 0 Å². The van der Waals surface area contributed by atoms with E-state index in [9.17, 15) is 22.8 Å². The zero-order valence-corrected chi connectivity index (χ0v) is 8.74. The third-order valence-corrected chi connectivity index (χ3v) is 1.96. The van der Waals surface area contributed by atoms with Crippen molar-refractivity contribution in [2.75, 3.05) is 13.2 Å². The van der Waals surface area contributed by atoms with Crippen LogP contribution < -0.4 is 0 Å². The molecular formula is C6H5Cl2F3O4. The molecule has 9 heteroatoms. The second-order valence-electron chi connectivity index (χ2n) is 2.19. The largest absolute Gasteiger partial charge is 0.467 e. The molecule has 15 heavy (non-hydrogen) atoms. The minimum absolute atomic E-state index is 0.652. The Morgan fingerprint density at radius 2 is 1.73 bits per heavy atom. The smallest absolute Gasteiger partial charge is 0.429 e. The van der Waals surface area contributed by atoms with Gasteiger partial charge in [-0.2, -0.15) is 13.2 Å². The molecule has 0 N–H and O–H groups in total. The van der Waals surface area contributed by atoms with Crippen LogP contribution in [0.4, 0.5) is 13.2 Å². The van der Waals surface area contributed by atoms with Gasteiger partial charge in [0.05, 0.1) is 7.11 Å². The molecule has 0 saturated heterocycles. The van der Waals surface area contributed by atoms with Gasteiger partial charge in [0.2, 0.25) is 0 Å². The second kappa shape index (κ2) is 4.89. The van der Waals surface area contributed by atoms with Gasteiger partial charge in [0.15, 0.2) is 6.07 Å². The maximum Gasteiger partial charge on any atom is 0.429 e. The quantitative estimate of drug-likeness (QED) is 0.442. The number of hydrogen-bond acceptors (Lipinski definition) is 4. The highest BCUT2D eigenvalue weighted by atomic mass is 35.5. The number of rotatable bonds is 3. The fourth-order valence-corrected chi connectivity index (χ4v) is 0.835. The van der Waals surface area contributed by atoms with E-state index >= 15 is 0 Å². The first-order valence-electron chi connectivity index (χ1n) is 3.29. The van der Waals surface area contributed by atoms with Crippen molar-refractivity contribution in [2.45, 2.75) is 11.1 Å². The predicted octanol–water partition coefficient (Wildman–Crippen LogP) is 1.44. The van der Waals surface area contributed by atoms with E-state index in [1.165, 1.54) is 0 Å². The summed E-state index contributed by atoms with van der Waals surface area (Å²) >= 11 is 9.74. The van der Waals surface area contributed by atoms with Gasteiger partial charge in [0.25, 0.3) is 0 Å². The summed E-state index contributed by atoms with van der Waals surface area (Å²) < 4.78 is 44.6. The first-order chi connectivity index (χ1) is 6.71. The molecule has 4 nitrogen and oxygen atoms in total. The lowest BCUT2D eigenvalue weighted by Gasteiger charge is -2.23. The van der Waals surface area contributed by atoms with E-state index in [4.69, 9.17) is 23.2 Å². The molecule has 0 aromatic carbocycles. The van der Waals surface area contributed by atoms with Crippen molar-refractivity contribution >= 4 is 35.1 Å². The van der Waals surface area contributed by atoms with E-state index in [1.807, 2.05) is 0 Å². The van der Waals surface area contributed by atoms with E-state index in [1.54, 1.807) is 0 Å². The maximum absolute atomic E-state index is 12.3. The molecule has 0 spiro atoms. The Morgan fingerprint density at radius 3 is 2.00 bits per heavy atom. The van der Waals surface area contributed by atoms with Crippen molar-refractivity contribution in [3.63, 3.8) is 0 Å². The molecule has 0 fully saturated rings. The zero-order valence-electron chi connectivity index (χ0n) is 7.23. The molecule has 0 aromatic heterocycles. The van der Waals surface area contributed by atoms with Gasteiger partial charge in [-0.1, -0.05) is 23.2 Å². The first kappa shape index (κ1) is 14.3. The molecule has 0 aliphatic rings. The zero-order chi connectivity index (χ0) is 12.3. The second-order valence-corrected chi connectivity index (χ2v) is 2.97. The van der Waals surface area contributed by atoms with Crippen molar-refractivity contribution in [1.29, 1.82) is 0 Å². The Labute approximate surface area is 92.2 Å². The normalized spacial score (nSPS) is 15.3. The molecule has 88 valence electrons. The van der Waals surface area contributed by atoms with Crippen LogP contribution in [0, 0.1) is 0 Å². The summed E-state index contributed by atoms with van der Waals surface area (Å²) in [6.07, 6.45) is -5.34. The van der Waals surface area contributed by atoms with Crippen molar-refractivity contribution < 1.29 is 32.2 Å². The summed E-state index contributed by atoms with van der Waals surface area (Å²) in [6, 6.07) is -0.861. The van der Waals surface area contributed by atoms with Gasteiger partial charge in [-0.25, -0.2) is 9.59 Å². The fourth-order valence-electron chi connectivity index (χ4n) is 0.604. The number of alkyl halides is 5. The van der Waals surface area contributed by atoms with Crippen molar-refractivity contribution in [3.05, 3.63) is 0 Å². The lowest BCUT2D eigenvalue weighted by molar-refractivity contribution is -0.198. The van der Waals surface area contributed by atoms with Gasteiger partial charge in [-0.15, -0.1) is 0 Å². The van der Waals surface area contributed by atoms with Crippen LogP contribution in [-0.4, -0.2) is 36.2 Å². The van der Waals surface area contributed by atoms with Gasteiger partial charge < -0.3 is 9.47 Å². The van der Waals surface area contributed by atoms with Crippen LogP contribution in [0.5, 0.6) is 0 Å². The molecule has 0 amide bonds. The van der Waals surface area contributed by atoms with Crippen LogP contribution in [-0.2, 0) is 19.1 Å². The predicted molar refractivity (Wildman–Crippen MR) is 43.5 cm³/mol. The van der Waals surface area contributed by atoms with Gasteiger partial charge in [-0.05, 0) is 0 Å². The lowest BCUT2D eigenvalue weighted by atomic mass is 10.1. The van der Waals surface area contributed by atoms with E-state index in [0.717, 1.165) is 0 Å². The molecule has 0 bridgehead atoms. The Morgan fingerprint density at radius 1 is 1.27 bits per heavy atom. The highest BCUT2D eigenvalue weighted by Crippen LogP contribution is 2.38. The summed E-state index contributed by atoms with van der Waals surface area (Å²) in [6.45, 7) is 0. The third-order valence-electron chi connectivity index (χ3n) is 1.32. The van der Waals surface area contributed by atoms with E-state index in [0.29, 0.717) is 7.11 Å². The van der Waals surface area contributed by atoms with Gasteiger partial charge in [0.1, 0.15) is 0 Å². The molecule has 0 rings (SSSR count). The molecule has 0 saturated carbocycles. The van der Waals surface area contributed by atoms with Crippen molar-refractivity contribution in [1.82, 2.24) is 0 Å². The van der Waals surface area contributed by atoms with Crippen LogP contribution >= 0.6 is 23.2 Å². The van der Waals surface area contributed by atoms with Crippen molar-refractivity contribution in [2.24, 2.45) is 0 Å². The number of methoxy groups -OCH3 is 1. The van der Waals surface area contributed by atoms with Gasteiger partial charge in [0, 0.05) is 0 Å². The Kier molecular flexibility index (Phi) is 4.66. The standard InChI is InChI=1S/C6H5Cl2F3O4/c1-14-3(12)5(8,6(9,10)11)4(13)15-2-7/h2H2,1H3. The molecule has 0 radical (unpaired) electrons. The fraction of sp³-hybridized carbons (Fsp3) is 0.667. The Balaban J connectivity index is 5.22. The third kappa shape index (κ3) is 2.66. The molecule has 1 atom stereocenters. The summed E-state index contributed by atoms with van der Waals surface area (Å²) in [7, 11) is 0.652. The molecule has 0 heterocycles. The monoisotopic (exact) mass is 268 g/mol. The average Bonchev–Trinajstić information content (AvgIpc) is 2.13. The molecule has 0 aliphatic heterocycles. The molecule has 1 unspecified atom stereocenters. The topological polar surface area (TPSA) is 52.6 Å². The number of hydrogen-bond donors (Lipinski definition) is 0. The van der Waals surface area contributed by atoms with Gasteiger partial charge in [-0.3, -0.25) is 0 Å². The highest BCUT2D eigenvalue weighted by molar-refractivity contribution is 6.45. The number of halogens is 5. The van der Waals surface area contributed by atoms with Gasteiger partial charge >= 0.3 is 23.0 Å². The van der Waals surface area contributed by atoms with Crippen LogP contribution in [0.25, 0.3) is 0 Å². The molecule has 0 aromatic rings. The maximum atomic E-state index is 12.3. The van der Waals surface area contributed by atoms with Crippen molar-refractivity contribution in [3.8, 4) is 0 Å². The van der Waals surface area contributed by atoms with E-state index < -0.39 is 29.1 Å². The van der Waals surface area contributed by atoms with Crippen LogP contribution in [0.1, 0.15) is 0 Å². The SMILES string of the molecule is COC(=O)C(Cl)(C(=O)OCCl)C(F)(F)F. The van der Waals surface area contributed by atoms with E-state index in [-0.39, 0.29) is 0 Å². The summed E-state index contributed by atoms with van der Waals surface area (Å²) in [5.41, 5.74) is 0. The minimum atomic E-state index is -5.34. The number of esters is 2. The highest BCUT2D eigenvalue weighted by Gasteiger charge is 2.67. The summed E-state index contributed by atoms with van der Waals surface area (Å²) in [5, 5.41) is 0. The number of carbonyl (C=O) groups excluding carboxylic acids is 2.